The fourth-order valence-electron chi connectivity index (χ4n) is 3.10. The molecule has 5 nitrogen and oxygen atoms in total. The molecule has 0 bridgehead atoms. The predicted octanol–water partition coefficient (Wildman–Crippen LogP) is 4.03. The number of esters is 1. The number of methoxy groups -OCH3 is 1. The lowest BCUT2D eigenvalue weighted by atomic mass is 10.1. The van der Waals surface area contributed by atoms with Crippen LogP contribution in [0.15, 0.2) is 52.4 Å². The van der Waals surface area contributed by atoms with E-state index < -0.39 is 5.97 Å². The van der Waals surface area contributed by atoms with E-state index in [0.717, 1.165) is 22.6 Å². The van der Waals surface area contributed by atoms with Crippen molar-refractivity contribution in [2.24, 2.45) is 4.99 Å². The number of aromatic nitrogens is 1. The standard InChI is InChI=1S/C20H19FN2O3/c1-11-9-14(13(3)23(11)16-7-5-15(21)6-8-16)10-17-19(24)18(12(2)22-17)20(25)26-4/h5-10,24H,1-4H3/b17-10+. The molecule has 0 saturated heterocycles. The monoisotopic (exact) mass is 354 g/mol. The van der Waals surface area contributed by atoms with Gasteiger partial charge in [-0.15, -0.1) is 0 Å². The van der Waals surface area contributed by atoms with E-state index in [1.165, 1.54) is 19.2 Å². The van der Waals surface area contributed by atoms with Gasteiger partial charge in [0.1, 0.15) is 17.1 Å². The van der Waals surface area contributed by atoms with Crippen LogP contribution in [0.25, 0.3) is 11.8 Å². The van der Waals surface area contributed by atoms with Crippen molar-refractivity contribution in [3.8, 4) is 5.69 Å². The molecule has 1 N–H and O–H groups in total. The van der Waals surface area contributed by atoms with Gasteiger partial charge in [0, 0.05) is 17.1 Å². The summed E-state index contributed by atoms with van der Waals surface area (Å²) in [6.45, 7) is 5.51. The predicted molar refractivity (Wildman–Crippen MR) is 98.0 cm³/mol. The Balaban J connectivity index is 2.06. The second kappa shape index (κ2) is 6.63. The molecule has 2 aromatic rings. The fraction of sp³-hybridized carbons (Fsp3) is 0.200. The van der Waals surface area contributed by atoms with E-state index in [1.807, 2.05) is 24.5 Å². The molecule has 1 aromatic carbocycles. The third-order valence-corrected chi connectivity index (χ3v) is 4.37. The lowest BCUT2D eigenvalue weighted by molar-refractivity contribution is -0.135. The molecule has 0 spiro atoms. The Kier molecular flexibility index (Phi) is 4.50. The van der Waals surface area contributed by atoms with E-state index in [2.05, 4.69) is 9.73 Å². The molecule has 0 radical (unpaired) electrons. The number of halogens is 1. The zero-order valence-electron chi connectivity index (χ0n) is 15.0. The largest absolute Gasteiger partial charge is 0.505 e. The number of aryl methyl sites for hydroxylation is 1. The number of aliphatic hydroxyl groups excluding tert-OH is 1. The molecule has 6 heteroatoms. The van der Waals surface area contributed by atoms with Gasteiger partial charge in [-0.25, -0.2) is 14.2 Å². The zero-order valence-corrected chi connectivity index (χ0v) is 15.0. The second-order valence-electron chi connectivity index (χ2n) is 6.08. The summed E-state index contributed by atoms with van der Waals surface area (Å²) in [5.41, 5.74) is 4.34. The summed E-state index contributed by atoms with van der Waals surface area (Å²) in [5.74, 6) is -1.11. The topological polar surface area (TPSA) is 63.8 Å². The Morgan fingerprint density at radius 1 is 1.23 bits per heavy atom. The van der Waals surface area contributed by atoms with Crippen molar-refractivity contribution in [3.63, 3.8) is 0 Å². The van der Waals surface area contributed by atoms with E-state index in [-0.39, 0.29) is 17.1 Å². The summed E-state index contributed by atoms with van der Waals surface area (Å²) < 4.78 is 19.9. The minimum Gasteiger partial charge on any atom is -0.505 e. The summed E-state index contributed by atoms with van der Waals surface area (Å²) in [4.78, 5) is 16.1. The first-order valence-electron chi connectivity index (χ1n) is 8.07. The van der Waals surface area contributed by atoms with Crippen LogP contribution in [-0.2, 0) is 9.53 Å². The molecule has 2 heterocycles. The Bertz CT molecular complexity index is 979. The Morgan fingerprint density at radius 2 is 1.88 bits per heavy atom. The number of aliphatic imine (C=N–C) groups is 1. The molecule has 0 amide bonds. The van der Waals surface area contributed by atoms with Gasteiger partial charge >= 0.3 is 5.97 Å². The van der Waals surface area contributed by atoms with Gasteiger partial charge in [0.15, 0.2) is 5.76 Å². The van der Waals surface area contributed by atoms with Gasteiger partial charge in [0.2, 0.25) is 0 Å². The van der Waals surface area contributed by atoms with Crippen molar-refractivity contribution in [3.05, 3.63) is 70.1 Å². The average molecular weight is 354 g/mol. The number of hydrogen-bond acceptors (Lipinski definition) is 4. The van der Waals surface area contributed by atoms with Gasteiger partial charge in [0.25, 0.3) is 0 Å². The first-order valence-corrected chi connectivity index (χ1v) is 8.07. The lowest BCUT2D eigenvalue weighted by Gasteiger charge is -2.09. The summed E-state index contributed by atoms with van der Waals surface area (Å²) >= 11 is 0. The molecule has 0 unspecified atom stereocenters. The lowest BCUT2D eigenvalue weighted by Crippen LogP contribution is -2.11. The summed E-state index contributed by atoms with van der Waals surface area (Å²) in [5, 5.41) is 10.3. The van der Waals surface area contributed by atoms with Crippen molar-refractivity contribution in [2.45, 2.75) is 20.8 Å². The molecular formula is C20H19FN2O3. The smallest absolute Gasteiger partial charge is 0.343 e. The second-order valence-corrected chi connectivity index (χ2v) is 6.08. The van der Waals surface area contributed by atoms with E-state index >= 15 is 0 Å². The van der Waals surface area contributed by atoms with Crippen LogP contribution in [0.2, 0.25) is 0 Å². The van der Waals surface area contributed by atoms with Gasteiger partial charge in [-0.2, -0.15) is 0 Å². The van der Waals surface area contributed by atoms with Crippen molar-refractivity contribution in [1.82, 2.24) is 4.57 Å². The normalized spacial score (nSPS) is 15.6. The maximum absolute atomic E-state index is 13.2. The number of aliphatic hydroxyl groups is 1. The third-order valence-electron chi connectivity index (χ3n) is 4.37. The molecule has 0 saturated carbocycles. The fourth-order valence-corrected chi connectivity index (χ4v) is 3.10. The molecule has 1 aromatic heterocycles. The summed E-state index contributed by atoms with van der Waals surface area (Å²) in [6.07, 6.45) is 1.72. The summed E-state index contributed by atoms with van der Waals surface area (Å²) in [6, 6.07) is 8.18. The molecule has 0 fully saturated rings. The van der Waals surface area contributed by atoms with Crippen molar-refractivity contribution in [2.75, 3.05) is 7.11 Å². The van der Waals surface area contributed by atoms with E-state index in [4.69, 9.17) is 0 Å². The van der Waals surface area contributed by atoms with Crippen molar-refractivity contribution in [1.29, 1.82) is 0 Å². The number of carbonyl (C=O) groups excluding carboxylic acids is 1. The molecule has 134 valence electrons. The number of rotatable bonds is 3. The van der Waals surface area contributed by atoms with E-state index in [9.17, 15) is 14.3 Å². The first-order chi connectivity index (χ1) is 12.3. The van der Waals surface area contributed by atoms with E-state index in [0.29, 0.717) is 11.4 Å². The van der Waals surface area contributed by atoms with Gasteiger partial charge in [-0.3, -0.25) is 0 Å². The molecule has 3 rings (SSSR count). The Labute approximate surface area is 150 Å². The Hall–Kier alpha value is -3.15. The quantitative estimate of drug-likeness (QED) is 0.847. The number of hydrogen-bond donors (Lipinski definition) is 1. The molecule has 0 aliphatic carbocycles. The van der Waals surface area contributed by atoms with Crippen LogP contribution >= 0.6 is 0 Å². The van der Waals surface area contributed by atoms with E-state index in [1.54, 1.807) is 25.1 Å². The van der Waals surface area contributed by atoms with Crippen molar-refractivity contribution >= 4 is 17.8 Å². The highest BCUT2D eigenvalue weighted by molar-refractivity contribution is 6.22. The van der Waals surface area contributed by atoms with Crippen LogP contribution in [0.3, 0.4) is 0 Å². The average Bonchev–Trinajstić information content (AvgIpc) is 3.04. The number of nitrogens with zero attached hydrogens (tertiary/aromatic N) is 2. The molecular weight excluding hydrogens is 335 g/mol. The van der Waals surface area contributed by atoms with Gasteiger partial charge < -0.3 is 14.4 Å². The minimum atomic E-state index is -0.621. The molecule has 0 atom stereocenters. The highest BCUT2D eigenvalue weighted by atomic mass is 19.1. The highest BCUT2D eigenvalue weighted by Crippen LogP contribution is 2.29. The van der Waals surface area contributed by atoms with Crippen LogP contribution in [0.4, 0.5) is 4.39 Å². The first kappa shape index (κ1) is 17.7. The van der Waals surface area contributed by atoms with Crippen LogP contribution in [0.1, 0.15) is 23.9 Å². The molecule has 1 aliphatic heterocycles. The molecule has 1 aliphatic rings. The van der Waals surface area contributed by atoms with Gasteiger partial charge in [0.05, 0.1) is 12.8 Å². The van der Waals surface area contributed by atoms with Crippen molar-refractivity contribution < 1.29 is 19.0 Å². The minimum absolute atomic E-state index is 0.0751. The summed E-state index contributed by atoms with van der Waals surface area (Å²) in [7, 11) is 1.26. The Morgan fingerprint density at radius 3 is 2.50 bits per heavy atom. The number of ether oxygens (including phenoxy) is 1. The maximum Gasteiger partial charge on any atom is 0.343 e. The third kappa shape index (κ3) is 2.94. The van der Waals surface area contributed by atoms with Gasteiger partial charge in [-0.1, -0.05) is 0 Å². The van der Waals surface area contributed by atoms with Crippen LogP contribution < -0.4 is 0 Å². The zero-order chi connectivity index (χ0) is 19.0. The van der Waals surface area contributed by atoms with Gasteiger partial charge in [-0.05, 0) is 62.7 Å². The maximum atomic E-state index is 13.2. The number of benzene rings is 1. The number of carbonyl (C=O) groups is 1. The van der Waals surface area contributed by atoms with Crippen LogP contribution in [0, 0.1) is 19.7 Å². The molecule has 26 heavy (non-hydrogen) atoms. The van der Waals surface area contributed by atoms with Crippen LogP contribution in [-0.4, -0.2) is 28.5 Å². The SMILES string of the molecule is COC(=O)C1=C(O)/C(=C\c2cc(C)n(-c3ccc(F)cc3)c2C)N=C1C. The highest BCUT2D eigenvalue weighted by Gasteiger charge is 2.27. The van der Waals surface area contributed by atoms with Crippen LogP contribution in [0.5, 0.6) is 0 Å².